The van der Waals surface area contributed by atoms with Gasteiger partial charge >= 0.3 is 5.97 Å². The molecule has 0 aliphatic heterocycles. The van der Waals surface area contributed by atoms with Crippen LogP contribution in [0, 0.1) is 0 Å². The zero-order valence-corrected chi connectivity index (χ0v) is 41.4. The molecule has 0 fully saturated rings. The maximum Gasteiger partial charge on any atom is 0.305 e. The molecular formula is C56H105NO5. The van der Waals surface area contributed by atoms with E-state index in [0.29, 0.717) is 19.4 Å². The molecule has 364 valence electrons. The largest absolute Gasteiger partial charge is 0.466 e. The van der Waals surface area contributed by atoms with Crippen molar-refractivity contribution >= 4 is 11.9 Å². The number of esters is 1. The summed E-state index contributed by atoms with van der Waals surface area (Å²) in [4.78, 5) is 24.5. The van der Waals surface area contributed by atoms with Crippen LogP contribution in [-0.4, -0.2) is 47.4 Å². The fourth-order valence-corrected chi connectivity index (χ4v) is 8.19. The Balaban J connectivity index is 3.53. The number of carbonyl (C=O) groups is 2. The Morgan fingerprint density at radius 3 is 1.26 bits per heavy atom. The number of ether oxygens (including phenoxy) is 1. The van der Waals surface area contributed by atoms with E-state index in [4.69, 9.17) is 4.74 Å². The summed E-state index contributed by atoms with van der Waals surface area (Å²) in [7, 11) is 0. The Kier molecular flexibility index (Phi) is 50.1. The van der Waals surface area contributed by atoms with Crippen molar-refractivity contribution in [2.24, 2.45) is 0 Å². The number of rotatable bonds is 50. The summed E-state index contributed by atoms with van der Waals surface area (Å²) in [6, 6.07) is -0.649. The van der Waals surface area contributed by atoms with Gasteiger partial charge in [0.2, 0.25) is 5.91 Å². The lowest BCUT2D eigenvalue weighted by Gasteiger charge is -2.20. The van der Waals surface area contributed by atoms with Gasteiger partial charge in [-0.15, -0.1) is 0 Å². The molecule has 1 amide bonds. The molecule has 2 unspecified atom stereocenters. The highest BCUT2D eigenvalue weighted by Gasteiger charge is 2.18. The van der Waals surface area contributed by atoms with Crippen molar-refractivity contribution in [1.82, 2.24) is 5.32 Å². The predicted molar refractivity (Wildman–Crippen MR) is 269 cm³/mol. The molecule has 6 nitrogen and oxygen atoms in total. The van der Waals surface area contributed by atoms with E-state index < -0.39 is 12.1 Å². The molecule has 0 aromatic heterocycles. The van der Waals surface area contributed by atoms with Gasteiger partial charge in [-0.3, -0.25) is 9.59 Å². The van der Waals surface area contributed by atoms with Crippen LogP contribution in [0.5, 0.6) is 0 Å². The molecule has 2 atom stereocenters. The van der Waals surface area contributed by atoms with Crippen LogP contribution in [0.25, 0.3) is 0 Å². The van der Waals surface area contributed by atoms with Crippen LogP contribution in [0.4, 0.5) is 0 Å². The summed E-state index contributed by atoms with van der Waals surface area (Å²) in [5, 5.41) is 23.1. The van der Waals surface area contributed by atoms with Crippen LogP contribution in [0.3, 0.4) is 0 Å². The van der Waals surface area contributed by atoms with Crippen molar-refractivity contribution in [3.05, 3.63) is 36.5 Å². The second kappa shape index (κ2) is 51.7. The van der Waals surface area contributed by atoms with Crippen molar-refractivity contribution in [3.8, 4) is 0 Å². The summed E-state index contributed by atoms with van der Waals surface area (Å²) in [5.41, 5.74) is 0. The lowest BCUT2D eigenvalue weighted by atomic mass is 10.0. The Labute approximate surface area is 385 Å². The van der Waals surface area contributed by atoms with E-state index >= 15 is 0 Å². The number of carbonyl (C=O) groups excluding carboxylic acids is 2. The molecule has 0 saturated carbocycles. The first-order valence-electron chi connectivity index (χ1n) is 27.3. The zero-order valence-electron chi connectivity index (χ0n) is 41.4. The van der Waals surface area contributed by atoms with E-state index in [1.807, 2.05) is 6.08 Å². The van der Waals surface area contributed by atoms with Gasteiger partial charge in [-0.1, -0.05) is 243 Å². The molecule has 0 spiro atoms. The number of hydrogen-bond acceptors (Lipinski definition) is 5. The second-order valence-electron chi connectivity index (χ2n) is 18.6. The molecule has 0 saturated heterocycles. The standard InChI is InChI=1S/C56H105NO5/c1-3-5-7-9-11-13-15-17-19-21-22-24-25-27-29-32-36-40-44-48-54(59)53(52-58)57-55(60)49-45-41-37-33-31-35-39-43-47-51-62-56(61)50-46-42-38-34-30-28-26-23-20-18-16-14-12-10-8-6-4-2/h12,14,18,20,44,48,53-54,58-59H,3-11,13,15-17,19,21-43,45-47,49-52H2,1-2H3,(H,57,60)/b14-12-,20-18-,48-44+. The van der Waals surface area contributed by atoms with Crippen LogP contribution in [0.1, 0.15) is 284 Å². The van der Waals surface area contributed by atoms with E-state index in [1.54, 1.807) is 6.08 Å². The van der Waals surface area contributed by atoms with E-state index in [9.17, 15) is 19.8 Å². The second-order valence-corrected chi connectivity index (χ2v) is 18.6. The SMILES string of the molecule is CCCCC/C=C\C/C=C\CCCCCCCCCC(=O)OCCCCCCCCCCCC(=O)NC(CO)C(O)/C=C/CCCCCCCCCCCCCCCCCCC. The number of nitrogens with one attached hydrogen (secondary N) is 1. The molecule has 0 aromatic rings. The lowest BCUT2D eigenvalue weighted by molar-refractivity contribution is -0.143. The Hall–Kier alpha value is -1.92. The predicted octanol–water partition coefficient (Wildman–Crippen LogP) is 16.5. The smallest absolute Gasteiger partial charge is 0.305 e. The number of amides is 1. The average molecular weight is 872 g/mol. The van der Waals surface area contributed by atoms with Gasteiger partial charge in [-0.25, -0.2) is 0 Å². The van der Waals surface area contributed by atoms with Gasteiger partial charge in [0.1, 0.15) is 0 Å². The number of allylic oxidation sites excluding steroid dienone is 5. The van der Waals surface area contributed by atoms with Crippen LogP contribution in [0.2, 0.25) is 0 Å². The monoisotopic (exact) mass is 872 g/mol. The van der Waals surface area contributed by atoms with Crippen LogP contribution < -0.4 is 5.32 Å². The first kappa shape index (κ1) is 60.1. The van der Waals surface area contributed by atoms with Crippen molar-refractivity contribution in [3.63, 3.8) is 0 Å². The average Bonchev–Trinajstić information content (AvgIpc) is 3.27. The first-order valence-corrected chi connectivity index (χ1v) is 27.3. The molecule has 6 heteroatoms. The van der Waals surface area contributed by atoms with E-state index in [-0.39, 0.29) is 18.5 Å². The Morgan fingerprint density at radius 1 is 0.452 bits per heavy atom. The maximum atomic E-state index is 12.5. The quantitative estimate of drug-likeness (QED) is 0.0321. The van der Waals surface area contributed by atoms with E-state index in [2.05, 4.69) is 43.5 Å². The summed E-state index contributed by atoms with van der Waals surface area (Å²) in [5.74, 6) is -0.130. The third-order valence-electron chi connectivity index (χ3n) is 12.4. The lowest BCUT2D eigenvalue weighted by Crippen LogP contribution is -2.45. The van der Waals surface area contributed by atoms with Crippen molar-refractivity contribution < 1.29 is 24.5 Å². The topological polar surface area (TPSA) is 95.9 Å². The summed E-state index contributed by atoms with van der Waals surface area (Å²) >= 11 is 0. The minimum Gasteiger partial charge on any atom is -0.466 e. The minimum atomic E-state index is -0.863. The van der Waals surface area contributed by atoms with Gasteiger partial charge in [-0.05, 0) is 64.2 Å². The van der Waals surface area contributed by atoms with Gasteiger partial charge in [0.25, 0.3) is 0 Å². The van der Waals surface area contributed by atoms with E-state index in [0.717, 1.165) is 64.2 Å². The fraction of sp³-hybridized carbons (Fsp3) is 0.857. The van der Waals surface area contributed by atoms with Gasteiger partial charge in [0, 0.05) is 12.8 Å². The minimum absolute atomic E-state index is 0.0350. The first-order chi connectivity index (χ1) is 30.5. The molecule has 0 rings (SSSR count). The normalized spacial score (nSPS) is 12.9. The number of hydrogen-bond donors (Lipinski definition) is 3. The summed E-state index contributed by atoms with van der Waals surface area (Å²) in [6.07, 6.45) is 62.9. The molecule has 0 aromatic carbocycles. The molecule has 62 heavy (non-hydrogen) atoms. The number of unbranched alkanes of at least 4 members (excludes halogenated alkanes) is 35. The number of aliphatic hydroxyl groups excluding tert-OH is 2. The highest BCUT2D eigenvalue weighted by atomic mass is 16.5. The number of aliphatic hydroxyl groups is 2. The van der Waals surface area contributed by atoms with Crippen LogP contribution in [0.15, 0.2) is 36.5 Å². The van der Waals surface area contributed by atoms with Crippen molar-refractivity contribution in [2.45, 2.75) is 296 Å². The molecule has 0 bridgehead atoms. The molecule has 0 radical (unpaired) electrons. The highest BCUT2D eigenvalue weighted by Crippen LogP contribution is 2.16. The van der Waals surface area contributed by atoms with Gasteiger partial charge in [-0.2, -0.15) is 0 Å². The van der Waals surface area contributed by atoms with Gasteiger partial charge in [0.15, 0.2) is 0 Å². The van der Waals surface area contributed by atoms with E-state index in [1.165, 1.54) is 193 Å². The molecule has 0 aliphatic carbocycles. The van der Waals surface area contributed by atoms with Crippen molar-refractivity contribution in [2.75, 3.05) is 13.2 Å². The molecule has 0 aliphatic rings. The maximum absolute atomic E-state index is 12.5. The molecule has 3 N–H and O–H groups in total. The van der Waals surface area contributed by atoms with Crippen molar-refractivity contribution in [1.29, 1.82) is 0 Å². The Morgan fingerprint density at radius 2 is 0.806 bits per heavy atom. The van der Waals surface area contributed by atoms with Crippen LogP contribution >= 0.6 is 0 Å². The van der Waals surface area contributed by atoms with Gasteiger partial charge in [0.05, 0.1) is 25.4 Å². The Bertz CT molecular complexity index is 1010. The van der Waals surface area contributed by atoms with Gasteiger partial charge < -0.3 is 20.3 Å². The third-order valence-corrected chi connectivity index (χ3v) is 12.4. The summed E-state index contributed by atoms with van der Waals surface area (Å²) < 4.78 is 5.46. The molecule has 0 heterocycles. The summed E-state index contributed by atoms with van der Waals surface area (Å²) in [6.45, 7) is 4.82. The highest BCUT2D eigenvalue weighted by molar-refractivity contribution is 5.76. The molecular weight excluding hydrogens is 767 g/mol. The third kappa shape index (κ3) is 47.6. The van der Waals surface area contributed by atoms with Crippen LogP contribution in [-0.2, 0) is 14.3 Å². The fourth-order valence-electron chi connectivity index (χ4n) is 8.19. The zero-order chi connectivity index (χ0) is 45.1.